The van der Waals surface area contributed by atoms with Crippen molar-refractivity contribution in [1.29, 1.82) is 0 Å². The van der Waals surface area contributed by atoms with E-state index < -0.39 is 45.0 Å². The van der Waals surface area contributed by atoms with Crippen molar-refractivity contribution in [2.45, 2.75) is 0 Å². The van der Waals surface area contributed by atoms with Gasteiger partial charge in [0.25, 0.3) is 0 Å². The van der Waals surface area contributed by atoms with E-state index in [0.29, 0.717) is 21.3 Å². The third-order valence-corrected chi connectivity index (χ3v) is 13.0. The quantitative estimate of drug-likeness (QED) is 0.273. The number of hydrogen-bond acceptors (Lipinski definition) is 9. The molecule has 0 radical (unpaired) electrons. The van der Waals surface area contributed by atoms with Crippen LogP contribution in [0.15, 0.2) is 18.1 Å². The number of nitrogens with zero attached hydrogens (tertiary/aromatic N) is 4. The van der Waals surface area contributed by atoms with Crippen molar-refractivity contribution < 1.29 is 43.5 Å². The first-order valence-corrected chi connectivity index (χ1v) is 13.1. The molecule has 9 nitrogen and oxygen atoms in total. The molecule has 1 rings (SSSR count). The monoisotopic (exact) mass is 462 g/mol. The van der Waals surface area contributed by atoms with Gasteiger partial charge in [0.05, 0.1) is 0 Å². The molecule has 1 N–H and O–H groups in total. The van der Waals surface area contributed by atoms with Gasteiger partial charge in [-0.25, -0.2) is 4.79 Å². The number of nitrogens with one attached hydrogen (secondary N) is 1. The van der Waals surface area contributed by atoms with Crippen molar-refractivity contribution in [2.24, 2.45) is 18.1 Å². The lowest BCUT2D eigenvalue weighted by Gasteiger charge is -2.18. The van der Waals surface area contributed by atoms with Crippen LogP contribution in [0.1, 0.15) is 0 Å². The van der Waals surface area contributed by atoms with E-state index >= 15 is 0 Å². The lowest BCUT2D eigenvalue weighted by molar-refractivity contribution is 0.402. The highest BCUT2D eigenvalue weighted by Gasteiger charge is 2.53. The maximum absolute atomic E-state index is 14.4. The van der Waals surface area contributed by atoms with Gasteiger partial charge in [0.2, 0.25) is 0 Å². The molecule has 4 unspecified atom stereocenters. The van der Waals surface area contributed by atoms with Crippen LogP contribution in [0.5, 0.6) is 0 Å². The molecule has 0 fully saturated rings. The minimum Gasteiger partial charge on any atom is -0.306 e. The summed E-state index contributed by atoms with van der Waals surface area (Å²) < 4.78 is 107. The van der Waals surface area contributed by atoms with E-state index in [2.05, 4.69) is 31.6 Å². The molecule has 0 saturated heterocycles. The van der Waals surface area contributed by atoms with Crippen LogP contribution in [0.25, 0.3) is 0 Å². The molecule has 20 heteroatoms. The Kier molecular flexibility index (Phi) is 7.11. The van der Waals surface area contributed by atoms with E-state index in [1.165, 1.54) is 0 Å². The topological polar surface area (TPSA) is 106 Å². The first-order chi connectivity index (χ1) is 10.8. The van der Waals surface area contributed by atoms with Gasteiger partial charge < -0.3 is 13.6 Å². The molecular weight excluding hydrogens is 451 g/mol. The number of carbonyl (C=O) groups excluding carboxylic acids is 1. The smallest absolute Gasteiger partial charge is 0.306 e. The fourth-order valence-corrected chi connectivity index (χ4v) is 11.6. The molecule has 4 atom stereocenters. The van der Waals surface area contributed by atoms with Crippen LogP contribution in [-0.2, 0) is 18.4 Å². The van der Waals surface area contributed by atoms with E-state index in [0.717, 1.165) is 4.86 Å². The molecule has 0 saturated carbocycles. The second kappa shape index (κ2) is 7.59. The predicted octanol–water partition coefficient (Wildman–Crippen LogP) is 7.08. The van der Waals surface area contributed by atoms with Gasteiger partial charge >= 0.3 is 45.0 Å². The molecule has 0 aliphatic carbocycles. The molecule has 1 aliphatic rings. The summed E-state index contributed by atoms with van der Waals surface area (Å²) in [4.78, 5) is 11.5. The highest BCUT2D eigenvalue weighted by atomic mass is 31.3. The Bertz CT molecular complexity index is 739. The van der Waals surface area contributed by atoms with Gasteiger partial charge in [-0.2, -0.15) is 21.0 Å². The van der Waals surface area contributed by atoms with Crippen LogP contribution >= 0.6 is 38.9 Å². The summed E-state index contributed by atoms with van der Waals surface area (Å²) in [6.45, 7) is 0. The Balaban J connectivity index is 3.99. The van der Waals surface area contributed by atoms with Crippen LogP contribution in [0.4, 0.5) is 25.2 Å². The average molecular weight is 462 g/mol. The van der Waals surface area contributed by atoms with Gasteiger partial charge in [-0.3, -0.25) is 0 Å². The lowest BCUT2D eigenvalue weighted by atomic mass is 11.8. The SMILES string of the molecule is COP1(F)=NP(F)(OC)=NP(F)(OC)=N[P+](F)(C=O)NP(F)(F)=N1. The van der Waals surface area contributed by atoms with Gasteiger partial charge in [-0.1, -0.05) is 0 Å². The average Bonchev–Trinajstić information content (AvgIpc) is 2.44. The lowest BCUT2D eigenvalue weighted by Crippen LogP contribution is -2.05. The molecule has 1 heterocycles. The van der Waals surface area contributed by atoms with E-state index in [9.17, 15) is 30.0 Å². The summed E-state index contributed by atoms with van der Waals surface area (Å²) in [7, 11) is -26.0. The fraction of sp³-hybridized carbons (Fsp3) is 0.750. The molecular formula is C4H11F6N5O4P5+. The van der Waals surface area contributed by atoms with Gasteiger partial charge in [0.1, 0.15) is 0 Å². The zero-order chi connectivity index (χ0) is 18.9. The minimum absolute atomic E-state index is 0.530. The molecule has 0 bridgehead atoms. The zero-order valence-electron chi connectivity index (χ0n) is 12.0. The number of halogens is 6. The van der Waals surface area contributed by atoms with Crippen LogP contribution in [0.2, 0.25) is 0 Å². The summed E-state index contributed by atoms with van der Waals surface area (Å²) in [5.74, 6) is 0. The summed E-state index contributed by atoms with van der Waals surface area (Å²) in [5.41, 5.74) is 0. The van der Waals surface area contributed by atoms with Gasteiger partial charge in [0.15, 0.2) is 0 Å². The molecule has 0 aromatic carbocycles. The molecule has 142 valence electrons. The molecule has 24 heavy (non-hydrogen) atoms. The van der Waals surface area contributed by atoms with Crippen molar-refractivity contribution in [3.05, 3.63) is 0 Å². The standard InChI is InChI=1S/C4H11F6N5O4P5/c1-17-22(8)12-20(5,4-16)11-21(6,7)13-23(9,18-2)15-24(10,14-22)19-3/h4,11H,1-3H3/q+1. The van der Waals surface area contributed by atoms with Crippen LogP contribution in [0, 0.1) is 0 Å². The summed E-state index contributed by atoms with van der Waals surface area (Å²) in [5, 5.41) is 0. The van der Waals surface area contributed by atoms with Gasteiger partial charge in [-0.15, -0.1) is 13.5 Å². The van der Waals surface area contributed by atoms with Crippen LogP contribution in [-0.4, -0.2) is 27.4 Å². The number of carbonyl (C=O) groups is 1. The minimum atomic E-state index is -6.14. The van der Waals surface area contributed by atoms with Crippen LogP contribution < -0.4 is 4.86 Å². The highest BCUT2D eigenvalue weighted by Crippen LogP contribution is 2.81. The number of hydrogen-bond donors (Lipinski definition) is 1. The summed E-state index contributed by atoms with van der Waals surface area (Å²) in [6.07, 6.45) is 0. The third kappa shape index (κ3) is 5.73. The Morgan fingerprint density at radius 2 is 1.29 bits per heavy atom. The van der Waals surface area contributed by atoms with Crippen LogP contribution in [0.3, 0.4) is 0 Å². The molecule has 1 aliphatic heterocycles. The van der Waals surface area contributed by atoms with Crippen molar-refractivity contribution in [2.75, 3.05) is 21.3 Å². The molecule has 0 amide bonds. The van der Waals surface area contributed by atoms with E-state index in [1.807, 2.05) is 0 Å². The fourth-order valence-electron chi connectivity index (χ4n) is 1.10. The van der Waals surface area contributed by atoms with Crippen molar-refractivity contribution in [1.82, 2.24) is 4.86 Å². The summed E-state index contributed by atoms with van der Waals surface area (Å²) in [6, 6.07) is -0.756. The van der Waals surface area contributed by atoms with E-state index in [-0.39, 0.29) is 0 Å². The molecule has 0 spiro atoms. The van der Waals surface area contributed by atoms with Crippen molar-refractivity contribution in [3.8, 4) is 0 Å². The van der Waals surface area contributed by atoms with E-state index in [4.69, 9.17) is 0 Å². The molecule has 0 aromatic heterocycles. The second-order valence-electron chi connectivity index (χ2n) is 3.62. The Labute approximate surface area is 133 Å². The molecule has 0 aromatic rings. The normalized spacial score (nSPS) is 42.7. The first-order valence-electron chi connectivity index (χ1n) is 5.33. The maximum atomic E-state index is 14.4. The largest absolute Gasteiger partial charge is 0.470 e. The maximum Gasteiger partial charge on any atom is 0.470 e. The number of rotatable bonds is 4. The van der Waals surface area contributed by atoms with Crippen molar-refractivity contribution in [3.63, 3.8) is 0 Å². The second-order valence-corrected chi connectivity index (χ2v) is 13.6. The van der Waals surface area contributed by atoms with Crippen molar-refractivity contribution >= 4 is 45.0 Å². The Hall–Kier alpha value is 0.440. The highest BCUT2D eigenvalue weighted by molar-refractivity contribution is 7.91. The zero-order valence-corrected chi connectivity index (χ0v) is 16.5. The van der Waals surface area contributed by atoms with Gasteiger partial charge in [0, 0.05) is 25.8 Å². The van der Waals surface area contributed by atoms with E-state index in [1.54, 1.807) is 0 Å². The predicted molar refractivity (Wildman–Crippen MR) is 81.9 cm³/mol. The first kappa shape index (κ1) is 22.5. The van der Waals surface area contributed by atoms with Gasteiger partial charge in [-0.05, 0) is 9.05 Å². The summed E-state index contributed by atoms with van der Waals surface area (Å²) >= 11 is 0. The third-order valence-electron chi connectivity index (χ3n) is 2.00. The Morgan fingerprint density at radius 1 is 0.875 bits per heavy atom. The Morgan fingerprint density at radius 3 is 1.71 bits per heavy atom.